The standard InChI is InChI=1S/C26H30ClN5O5S2.ClH/c1-30-9-7-21-23(16-30)38-25(29-21)26(34)32-11-10-31(15-22(32)24(33)28-8-12-37-2)39(35,36)20-6-4-17-13-19(27)5-3-18(17)14-20;/h3-6,13-14,22H,7-12,15-16H2,1-2H3,(H,28,33);1H. The monoisotopic (exact) mass is 627 g/mol. The van der Waals surface area contributed by atoms with Crippen molar-refractivity contribution in [3.8, 4) is 0 Å². The number of sulfonamides is 1. The van der Waals surface area contributed by atoms with Crippen LogP contribution in [-0.2, 0) is 32.5 Å². The number of benzene rings is 2. The lowest BCUT2D eigenvalue weighted by Crippen LogP contribution is -2.61. The van der Waals surface area contributed by atoms with Gasteiger partial charge in [0.15, 0.2) is 5.01 Å². The molecule has 1 fully saturated rings. The number of methoxy groups -OCH3 is 1. The largest absolute Gasteiger partial charge is 0.383 e. The number of hydrogen-bond acceptors (Lipinski definition) is 8. The predicted octanol–water partition coefficient (Wildman–Crippen LogP) is 2.64. The predicted molar refractivity (Wildman–Crippen MR) is 157 cm³/mol. The van der Waals surface area contributed by atoms with Crippen molar-refractivity contribution in [1.82, 2.24) is 24.4 Å². The van der Waals surface area contributed by atoms with Crippen LogP contribution in [0, 0.1) is 0 Å². The normalized spacial score (nSPS) is 18.3. The summed E-state index contributed by atoms with van der Waals surface area (Å²) in [5.41, 5.74) is 0.918. The number of carbonyl (C=O) groups is 2. The van der Waals surface area contributed by atoms with E-state index >= 15 is 0 Å². The smallest absolute Gasteiger partial charge is 0.283 e. The number of piperazine rings is 1. The summed E-state index contributed by atoms with van der Waals surface area (Å²) in [6, 6.07) is 9.08. The zero-order valence-electron chi connectivity index (χ0n) is 22.1. The number of hydrogen-bond donors (Lipinski definition) is 1. The number of ether oxygens (including phenoxy) is 1. The molecule has 10 nitrogen and oxygen atoms in total. The van der Waals surface area contributed by atoms with Gasteiger partial charge in [0.2, 0.25) is 15.9 Å². The molecule has 0 radical (unpaired) electrons. The molecule has 2 amide bonds. The highest BCUT2D eigenvalue weighted by Gasteiger charge is 2.41. The van der Waals surface area contributed by atoms with Crippen molar-refractivity contribution in [2.45, 2.75) is 23.9 Å². The minimum absolute atomic E-state index is 0. The minimum atomic E-state index is -3.94. The van der Waals surface area contributed by atoms with Gasteiger partial charge in [0.25, 0.3) is 5.91 Å². The van der Waals surface area contributed by atoms with E-state index in [1.165, 1.54) is 33.7 Å². The van der Waals surface area contributed by atoms with Crippen LogP contribution in [0.3, 0.4) is 0 Å². The van der Waals surface area contributed by atoms with E-state index in [0.717, 1.165) is 40.9 Å². The average molecular weight is 629 g/mol. The number of carbonyl (C=O) groups excluding carboxylic acids is 2. The van der Waals surface area contributed by atoms with Crippen LogP contribution in [0.5, 0.6) is 0 Å². The van der Waals surface area contributed by atoms with E-state index in [1.807, 2.05) is 7.05 Å². The van der Waals surface area contributed by atoms with E-state index in [2.05, 4.69) is 15.2 Å². The van der Waals surface area contributed by atoms with Gasteiger partial charge in [0, 0.05) is 62.7 Å². The van der Waals surface area contributed by atoms with Crippen LogP contribution in [0.15, 0.2) is 41.3 Å². The Bertz CT molecular complexity index is 1520. The highest BCUT2D eigenvalue weighted by molar-refractivity contribution is 7.89. The first-order valence-electron chi connectivity index (χ1n) is 12.6. The molecule has 2 aliphatic heterocycles. The van der Waals surface area contributed by atoms with Gasteiger partial charge in [-0.05, 0) is 42.1 Å². The molecule has 2 aromatic carbocycles. The molecule has 3 aromatic rings. The number of thiazole rings is 1. The van der Waals surface area contributed by atoms with Gasteiger partial charge in [-0.3, -0.25) is 9.59 Å². The number of amides is 2. The molecule has 1 aromatic heterocycles. The summed E-state index contributed by atoms with van der Waals surface area (Å²) in [7, 11) is -0.392. The maximum absolute atomic E-state index is 13.7. The van der Waals surface area contributed by atoms with Crippen molar-refractivity contribution in [2.24, 2.45) is 0 Å². The maximum atomic E-state index is 13.7. The van der Waals surface area contributed by atoms with Gasteiger partial charge in [-0.1, -0.05) is 23.7 Å². The lowest BCUT2D eigenvalue weighted by Gasteiger charge is -2.39. The summed E-state index contributed by atoms with van der Waals surface area (Å²) < 4.78 is 33.6. The second kappa shape index (κ2) is 12.7. The Morgan fingerprint density at radius 1 is 1.15 bits per heavy atom. The van der Waals surface area contributed by atoms with Crippen molar-refractivity contribution >= 4 is 68.0 Å². The van der Waals surface area contributed by atoms with Gasteiger partial charge in [-0.25, -0.2) is 13.4 Å². The molecule has 0 aliphatic carbocycles. The van der Waals surface area contributed by atoms with Crippen molar-refractivity contribution in [2.75, 3.05) is 53.5 Å². The first-order valence-corrected chi connectivity index (χ1v) is 15.2. The quantitative estimate of drug-likeness (QED) is 0.401. The minimum Gasteiger partial charge on any atom is -0.383 e. The summed E-state index contributed by atoms with van der Waals surface area (Å²) in [6.07, 6.45) is 0.764. The van der Waals surface area contributed by atoms with Crippen LogP contribution in [0.1, 0.15) is 20.4 Å². The molecular formula is C26H31Cl2N5O5S2. The Hall–Kier alpha value is -2.32. The van der Waals surface area contributed by atoms with Gasteiger partial charge >= 0.3 is 0 Å². The van der Waals surface area contributed by atoms with E-state index in [9.17, 15) is 18.0 Å². The van der Waals surface area contributed by atoms with Gasteiger partial charge in [-0.15, -0.1) is 23.7 Å². The molecule has 0 saturated carbocycles. The molecule has 40 heavy (non-hydrogen) atoms. The Morgan fingerprint density at radius 3 is 2.67 bits per heavy atom. The molecule has 1 atom stereocenters. The van der Waals surface area contributed by atoms with Crippen LogP contribution in [0.25, 0.3) is 10.8 Å². The van der Waals surface area contributed by atoms with Crippen molar-refractivity contribution < 1.29 is 22.7 Å². The third-order valence-electron chi connectivity index (χ3n) is 7.03. The summed E-state index contributed by atoms with van der Waals surface area (Å²) in [5, 5.41) is 5.22. The number of rotatable bonds is 7. The van der Waals surface area contributed by atoms with E-state index in [0.29, 0.717) is 16.6 Å². The summed E-state index contributed by atoms with van der Waals surface area (Å²) in [5.74, 6) is -0.793. The summed E-state index contributed by atoms with van der Waals surface area (Å²) >= 11 is 7.41. The fourth-order valence-corrected chi connectivity index (χ4v) is 7.68. The van der Waals surface area contributed by atoms with Gasteiger partial charge < -0.3 is 19.9 Å². The van der Waals surface area contributed by atoms with Crippen LogP contribution in [0.2, 0.25) is 5.02 Å². The molecule has 216 valence electrons. The Labute approximate surface area is 248 Å². The number of likely N-dealkylation sites (N-methyl/N-ethyl adjacent to an activating group) is 1. The maximum Gasteiger partial charge on any atom is 0.283 e. The SMILES string of the molecule is COCCNC(=O)C1CN(S(=O)(=O)c2ccc3cc(Cl)ccc3c2)CCN1C(=O)c1nc2c(s1)CN(C)CC2.Cl. The summed E-state index contributed by atoms with van der Waals surface area (Å²) in [4.78, 5) is 36.3. The molecule has 1 N–H and O–H groups in total. The Balaban J connectivity index is 0.00000370. The fourth-order valence-electron chi connectivity index (χ4n) is 4.88. The number of nitrogens with zero attached hydrogens (tertiary/aromatic N) is 4. The highest BCUT2D eigenvalue weighted by Crippen LogP contribution is 2.29. The lowest BCUT2D eigenvalue weighted by molar-refractivity contribution is -0.127. The highest BCUT2D eigenvalue weighted by atomic mass is 35.5. The molecule has 0 spiro atoms. The summed E-state index contributed by atoms with van der Waals surface area (Å²) in [6.45, 7) is 2.09. The van der Waals surface area contributed by atoms with E-state index in [1.54, 1.807) is 30.3 Å². The Kier molecular flexibility index (Phi) is 9.71. The molecule has 14 heteroatoms. The lowest BCUT2D eigenvalue weighted by atomic mass is 10.1. The van der Waals surface area contributed by atoms with Gasteiger partial charge in [0.05, 0.1) is 17.2 Å². The molecular weight excluding hydrogens is 597 g/mol. The molecule has 2 aliphatic rings. The van der Waals surface area contributed by atoms with Crippen LogP contribution in [-0.4, -0.2) is 98.9 Å². The topological polar surface area (TPSA) is 112 Å². The van der Waals surface area contributed by atoms with Crippen molar-refractivity contribution in [3.63, 3.8) is 0 Å². The number of nitrogens with one attached hydrogen (secondary N) is 1. The molecule has 0 bridgehead atoms. The number of aromatic nitrogens is 1. The number of halogens is 2. The van der Waals surface area contributed by atoms with Crippen LogP contribution >= 0.6 is 35.3 Å². The van der Waals surface area contributed by atoms with E-state index in [-0.39, 0.29) is 49.4 Å². The zero-order valence-corrected chi connectivity index (χ0v) is 25.3. The van der Waals surface area contributed by atoms with E-state index < -0.39 is 22.0 Å². The van der Waals surface area contributed by atoms with Crippen molar-refractivity contribution in [3.05, 3.63) is 57.0 Å². The molecule has 1 saturated heterocycles. The van der Waals surface area contributed by atoms with Gasteiger partial charge in [-0.2, -0.15) is 4.31 Å². The molecule has 1 unspecified atom stereocenters. The van der Waals surface area contributed by atoms with E-state index in [4.69, 9.17) is 16.3 Å². The van der Waals surface area contributed by atoms with Crippen LogP contribution in [0.4, 0.5) is 0 Å². The third-order valence-corrected chi connectivity index (χ3v) is 10.2. The average Bonchev–Trinajstić information content (AvgIpc) is 3.35. The third kappa shape index (κ3) is 6.28. The number of fused-ring (bicyclic) bond motifs is 2. The van der Waals surface area contributed by atoms with Crippen LogP contribution < -0.4 is 5.32 Å². The molecule has 3 heterocycles. The first kappa shape index (κ1) is 30.6. The first-order chi connectivity index (χ1) is 18.7. The second-order valence-electron chi connectivity index (χ2n) is 9.69. The zero-order chi connectivity index (χ0) is 27.7. The van der Waals surface area contributed by atoms with Gasteiger partial charge in [0.1, 0.15) is 6.04 Å². The van der Waals surface area contributed by atoms with Crippen molar-refractivity contribution in [1.29, 1.82) is 0 Å². The fraction of sp³-hybridized carbons (Fsp3) is 0.423. The second-order valence-corrected chi connectivity index (χ2v) is 13.1. The molecule has 5 rings (SSSR count). The Morgan fingerprint density at radius 2 is 1.90 bits per heavy atom.